The van der Waals surface area contributed by atoms with Crippen molar-refractivity contribution in [2.24, 2.45) is 30.7 Å². The average Bonchev–Trinajstić information content (AvgIpc) is 3.26. The summed E-state index contributed by atoms with van der Waals surface area (Å²) in [7, 11) is -19.7. The van der Waals surface area contributed by atoms with Gasteiger partial charge in [-0.25, -0.2) is 0 Å². The maximum Gasteiger partial charge on any atom is 0.296 e. The van der Waals surface area contributed by atoms with Crippen molar-refractivity contribution in [1.29, 1.82) is 0 Å². The van der Waals surface area contributed by atoms with Crippen LogP contribution in [0.25, 0.3) is 43.4 Å². The summed E-state index contributed by atoms with van der Waals surface area (Å²) in [6, 6.07) is 28.3. The fourth-order valence-corrected chi connectivity index (χ4v) is 9.49. The van der Waals surface area contributed by atoms with E-state index >= 15 is 0 Å². The second kappa shape index (κ2) is 17.1. The molecule has 0 saturated heterocycles. The lowest BCUT2D eigenvalue weighted by Gasteiger charge is -2.12. The molecule has 8 aromatic carbocycles. The zero-order valence-corrected chi connectivity index (χ0v) is 37.2. The molecule has 68 heavy (non-hydrogen) atoms. The first-order chi connectivity index (χ1) is 31.9. The van der Waals surface area contributed by atoms with Gasteiger partial charge in [0.2, 0.25) is 0 Å². The van der Waals surface area contributed by atoms with E-state index in [-0.39, 0.29) is 44.3 Å². The van der Waals surface area contributed by atoms with Crippen LogP contribution in [0.4, 0.5) is 45.5 Å². The summed E-state index contributed by atoms with van der Waals surface area (Å²) in [4.78, 5) is -3.19. The van der Waals surface area contributed by atoms with Crippen LogP contribution in [0.1, 0.15) is 0 Å². The number of anilines is 2. The molecule has 0 radical (unpaired) electrons. The van der Waals surface area contributed by atoms with Gasteiger partial charge < -0.3 is 21.7 Å². The van der Waals surface area contributed by atoms with Crippen molar-refractivity contribution < 1.29 is 62.1 Å². The fourth-order valence-electron chi connectivity index (χ4n) is 7.07. The van der Waals surface area contributed by atoms with Crippen LogP contribution in [0.2, 0.25) is 0 Å². The molecule has 26 heteroatoms. The SMILES string of the molecule is Nc1cc(S(=O)(=O)O)cc2cc(S(=O)(=O)O)c(N=Nc3ccc(-c4ccc(N=Nc5ccc(N=Nc6c(S(=O)(=O)O)cc7cc(S(=O)(=O)O)cc(N)c7c6O)c6ccccc56)cc4)cc3)c(O)c12. The van der Waals surface area contributed by atoms with Gasteiger partial charge in [0.25, 0.3) is 40.5 Å². The van der Waals surface area contributed by atoms with Gasteiger partial charge in [0.05, 0.1) is 32.5 Å². The van der Waals surface area contributed by atoms with Gasteiger partial charge in [0.15, 0.2) is 11.5 Å². The Morgan fingerprint density at radius 2 is 0.750 bits per heavy atom. The first-order valence-electron chi connectivity index (χ1n) is 18.9. The maximum absolute atomic E-state index is 12.4. The molecule has 0 aromatic heterocycles. The molecule has 0 aliphatic heterocycles. The molecule has 8 rings (SSSR count). The lowest BCUT2D eigenvalue weighted by Crippen LogP contribution is -2.02. The zero-order valence-electron chi connectivity index (χ0n) is 34.0. The molecule has 0 fully saturated rings. The van der Waals surface area contributed by atoms with E-state index in [9.17, 15) is 62.1 Å². The number of phenolic OH excluding ortho intramolecular Hbond substituents is 2. The average molecular weight is 999 g/mol. The number of benzene rings is 8. The molecule has 0 saturated carbocycles. The van der Waals surface area contributed by atoms with Gasteiger partial charge in [-0.2, -0.15) is 43.9 Å². The summed E-state index contributed by atoms with van der Waals surface area (Å²) >= 11 is 0. The molecular formula is C42H30N8O14S4. The summed E-state index contributed by atoms with van der Waals surface area (Å²) in [5.74, 6) is -1.66. The Hall–Kier alpha value is -7.82. The van der Waals surface area contributed by atoms with Crippen LogP contribution < -0.4 is 11.5 Å². The first kappa shape index (κ1) is 46.7. The molecule has 10 N–H and O–H groups in total. The van der Waals surface area contributed by atoms with E-state index in [4.69, 9.17) is 11.5 Å². The predicted molar refractivity (Wildman–Crippen MR) is 248 cm³/mol. The maximum atomic E-state index is 12.4. The number of hydrogen-bond donors (Lipinski definition) is 8. The van der Waals surface area contributed by atoms with Crippen LogP contribution in [0.3, 0.4) is 0 Å². The highest BCUT2D eigenvalue weighted by Gasteiger charge is 2.27. The number of fused-ring (bicyclic) bond motifs is 3. The molecule has 0 atom stereocenters. The largest absolute Gasteiger partial charge is 0.505 e. The Bertz CT molecular complexity index is 4000. The minimum absolute atomic E-state index is 0.186. The first-order valence-corrected chi connectivity index (χ1v) is 24.7. The number of hydrogen-bond acceptors (Lipinski definition) is 18. The number of nitrogens with zero attached hydrogens (tertiary/aromatic N) is 6. The van der Waals surface area contributed by atoms with Crippen LogP contribution in [-0.2, 0) is 40.5 Å². The topological polar surface area (TPSA) is 384 Å². The summed E-state index contributed by atoms with van der Waals surface area (Å²) in [6.45, 7) is 0. The number of nitrogen functional groups attached to an aromatic ring is 2. The molecule has 0 bridgehead atoms. The molecule has 0 aliphatic carbocycles. The Kier molecular flexibility index (Phi) is 11.8. The minimum Gasteiger partial charge on any atom is -0.505 e. The van der Waals surface area contributed by atoms with Crippen LogP contribution in [0.5, 0.6) is 11.5 Å². The van der Waals surface area contributed by atoms with Gasteiger partial charge in [0, 0.05) is 32.9 Å². The monoisotopic (exact) mass is 998 g/mol. The quantitative estimate of drug-likeness (QED) is 0.0339. The number of aromatic hydroxyl groups is 2. The normalized spacial score (nSPS) is 12.9. The molecule has 0 amide bonds. The Labute approximate surface area is 384 Å². The Morgan fingerprint density at radius 3 is 1.12 bits per heavy atom. The van der Waals surface area contributed by atoms with Gasteiger partial charge in [0.1, 0.15) is 21.2 Å². The van der Waals surface area contributed by atoms with Crippen molar-refractivity contribution in [3.05, 3.63) is 121 Å². The Morgan fingerprint density at radius 1 is 0.397 bits per heavy atom. The molecule has 0 spiro atoms. The number of nitrogens with two attached hydrogens (primary N) is 2. The summed E-state index contributed by atoms with van der Waals surface area (Å²) in [5, 5.41) is 47.0. The van der Waals surface area contributed by atoms with Crippen molar-refractivity contribution >= 4 is 118 Å². The molecule has 0 aliphatic rings. The van der Waals surface area contributed by atoms with E-state index in [1.807, 2.05) is 0 Å². The lowest BCUT2D eigenvalue weighted by atomic mass is 10.1. The Balaban J connectivity index is 1.03. The second-order valence-electron chi connectivity index (χ2n) is 14.6. The van der Waals surface area contributed by atoms with Crippen molar-refractivity contribution in [1.82, 2.24) is 0 Å². The van der Waals surface area contributed by atoms with Crippen LogP contribution in [0.15, 0.2) is 172 Å². The minimum atomic E-state index is -5.09. The van der Waals surface area contributed by atoms with Crippen molar-refractivity contribution in [2.45, 2.75) is 19.6 Å². The van der Waals surface area contributed by atoms with Crippen molar-refractivity contribution in [2.75, 3.05) is 11.5 Å². The van der Waals surface area contributed by atoms with Crippen molar-refractivity contribution in [3.63, 3.8) is 0 Å². The van der Waals surface area contributed by atoms with Crippen LogP contribution in [0, 0.1) is 0 Å². The highest BCUT2D eigenvalue weighted by Crippen LogP contribution is 2.46. The van der Waals surface area contributed by atoms with E-state index in [1.165, 1.54) is 18.2 Å². The number of phenols is 2. The van der Waals surface area contributed by atoms with Gasteiger partial charge in [-0.3, -0.25) is 18.2 Å². The molecule has 8 aromatic rings. The van der Waals surface area contributed by atoms with E-state index in [2.05, 4.69) is 30.7 Å². The molecular weight excluding hydrogens is 969 g/mol. The van der Waals surface area contributed by atoms with Crippen molar-refractivity contribution in [3.8, 4) is 22.6 Å². The molecule has 0 heterocycles. The highest BCUT2D eigenvalue weighted by atomic mass is 32.2. The third kappa shape index (κ3) is 9.28. The predicted octanol–water partition coefficient (Wildman–Crippen LogP) is 9.62. The third-order valence-electron chi connectivity index (χ3n) is 10.2. The fraction of sp³-hybridized carbons (Fsp3) is 0. The van der Waals surface area contributed by atoms with Gasteiger partial charge in [-0.1, -0.05) is 48.5 Å². The standard InChI is InChI=1S/C42H30N8O14S4/c43-31-19-27(65(53,54)55)15-23-17-35(67(59,60)61)39(41(51)37(23)31)49-46-26-11-7-22(8-12-26)21-5-9-25(10-6-21)45-47-33-13-14-34(30-4-2-1-3-29(30)33)48-50-40-36(68(62,63)64)18-24-16-28(66(56,57)58)20-32(44)38(24)42(40)52/h1-20,51-52H,43-44H2,(H,53,54,55)(H,56,57,58)(H,59,60,61)(H,62,63,64). The van der Waals surface area contributed by atoms with E-state index in [0.717, 1.165) is 42.0 Å². The molecule has 22 nitrogen and oxygen atoms in total. The number of rotatable bonds is 11. The van der Waals surface area contributed by atoms with Gasteiger partial charge in [-0.15, -0.1) is 20.5 Å². The van der Waals surface area contributed by atoms with Gasteiger partial charge in [-0.05, 0) is 94.7 Å². The molecule has 0 unspecified atom stereocenters. The van der Waals surface area contributed by atoms with E-state index < -0.39 is 82.9 Å². The number of azo groups is 3. The zero-order chi connectivity index (χ0) is 49.1. The lowest BCUT2D eigenvalue weighted by molar-refractivity contribution is 0.471. The highest BCUT2D eigenvalue weighted by molar-refractivity contribution is 7.86. The van der Waals surface area contributed by atoms with Crippen LogP contribution in [-0.4, -0.2) is 62.1 Å². The summed E-state index contributed by atoms with van der Waals surface area (Å²) < 4.78 is 135. The smallest absolute Gasteiger partial charge is 0.296 e. The van der Waals surface area contributed by atoms with E-state index in [1.54, 1.807) is 66.7 Å². The summed E-state index contributed by atoms with van der Waals surface area (Å²) in [5.41, 5.74) is 12.5. The second-order valence-corrected chi connectivity index (χ2v) is 20.2. The summed E-state index contributed by atoms with van der Waals surface area (Å²) in [6.07, 6.45) is 0. The van der Waals surface area contributed by atoms with E-state index in [0.29, 0.717) is 27.7 Å². The third-order valence-corrected chi connectivity index (χ3v) is 13.6. The van der Waals surface area contributed by atoms with Gasteiger partial charge >= 0.3 is 0 Å². The van der Waals surface area contributed by atoms with Crippen LogP contribution >= 0.6 is 0 Å². The molecule has 346 valence electrons.